The van der Waals surface area contributed by atoms with E-state index in [1.54, 1.807) is 0 Å². The van der Waals surface area contributed by atoms with E-state index in [1.165, 1.54) is 0 Å². The molecular weight excluding hydrogens is 190 g/mol. The minimum absolute atomic E-state index is 0.182. The van der Waals surface area contributed by atoms with Gasteiger partial charge < -0.3 is 10.8 Å². The fourth-order valence-electron chi connectivity index (χ4n) is 2.55. The molecule has 1 atom stereocenters. The number of carboxylic acid groups (broad SMARTS) is 1. The molecule has 3 N–H and O–H groups in total. The van der Waals surface area contributed by atoms with Gasteiger partial charge in [-0.15, -0.1) is 0 Å². The minimum atomic E-state index is -0.853. The first kappa shape index (κ1) is 12.5. The van der Waals surface area contributed by atoms with Crippen LogP contribution < -0.4 is 5.73 Å². The third-order valence-corrected chi connectivity index (χ3v) is 3.79. The van der Waals surface area contributed by atoms with Crippen molar-refractivity contribution >= 4 is 5.97 Å². The largest absolute Gasteiger partial charge is 0.480 e. The Hall–Kier alpha value is -0.570. The van der Waals surface area contributed by atoms with Crippen LogP contribution in [0.1, 0.15) is 46.5 Å². The van der Waals surface area contributed by atoms with Gasteiger partial charge in [0.25, 0.3) is 0 Å². The first-order valence-electron chi connectivity index (χ1n) is 5.80. The van der Waals surface area contributed by atoms with E-state index in [-0.39, 0.29) is 5.92 Å². The minimum Gasteiger partial charge on any atom is -0.480 e. The van der Waals surface area contributed by atoms with Crippen LogP contribution in [0.5, 0.6) is 0 Å². The summed E-state index contributed by atoms with van der Waals surface area (Å²) in [6.45, 7) is 6.78. The molecule has 0 amide bonds. The van der Waals surface area contributed by atoms with Gasteiger partial charge in [-0.25, -0.2) is 0 Å². The van der Waals surface area contributed by atoms with Crippen LogP contribution in [0, 0.1) is 17.3 Å². The third kappa shape index (κ3) is 3.20. The van der Waals surface area contributed by atoms with Gasteiger partial charge in [0.15, 0.2) is 0 Å². The second-order valence-corrected chi connectivity index (χ2v) is 5.84. The Balaban J connectivity index is 2.46. The predicted octanol–water partition coefficient (Wildman–Crippen LogP) is 2.25. The number of rotatable bonds is 2. The number of hydrogen-bond donors (Lipinski definition) is 2. The molecule has 0 radical (unpaired) electrons. The number of hydrogen-bond acceptors (Lipinski definition) is 2. The van der Waals surface area contributed by atoms with E-state index < -0.39 is 12.0 Å². The first-order valence-corrected chi connectivity index (χ1v) is 5.80. The lowest BCUT2D eigenvalue weighted by atomic mass is 9.68. The van der Waals surface area contributed by atoms with E-state index in [9.17, 15) is 4.79 Å². The normalized spacial score (nSPS) is 29.9. The second-order valence-electron chi connectivity index (χ2n) is 5.84. The van der Waals surface area contributed by atoms with E-state index in [0.717, 1.165) is 31.6 Å². The zero-order valence-corrected chi connectivity index (χ0v) is 9.99. The molecule has 1 aliphatic carbocycles. The monoisotopic (exact) mass is 213 g/mol. The van der Waals surface area contributed by atoms with Crippen LogP contribution in [0.25, 0.3) is 0 Å². The second kappa shape index (κ2) is 4.52. The highest BCUT2D eigenvalue weighted by molar-refractivity contribution is 5.73. The molecule has 0 saturated heterocycles. The summed E-state index contributed by atoms with van der Waals surface area (Å²) >= 11 is 0. The molecule has 3 nitrogen and oxygen atoms in total. The van der Waals surface area contributed by atoms with E-state index >= 15 is 0 Å². The Kier molecular flexibility index (Phi) is 3.77. The molecule has 1 aliphatic rings. The first-order chi connectivity index (χ1) is 6.82. The van der Waals surface area contributed by atoms with Crippen LogP contribution in [0.15, 0.2) is 0 Å². The smallest absolute Gasteiger partial charge is 0.320 e. The molecular formula is C12H23NO2. The van der Waals surface area contributed by atoms with Crippen LogP contribution in [0.2, 0.25) is 0 Å². The van der Waals surface area contributed by atoms with Gasteiger partial charge in [-0.1, -0.05) is 20.8 Å². The molecule has 1 unspecified atom stereocenters. The average molecular weight is 213 g/mol. The quantitative estimate of drug-likeness (QED) is 0.739. The highest BCUT2D eigenvalue weighted by Gasteiger charge is 2.33. The van der Waals surface area contributed by atoms with Crippen molar-refractivity contribution in [1.29, 1.82) is 0 Å². The molecule has 88 valence electrons. The predicted molar refractivity (Wildman–Crippen MR) is 60.5 cm³/mol. The van der Waals surface area contributed by atoms with Crippen molar-refractivity contribution in [3.8, 4) is 0 Å². The summed E-state index contributed by atoms with van der Waals surface area (Å²) in [4.78, 5) is 10.8. The summed E-state index contributed by atoms with van der Waals surface area (Å²) < 4.78 is 0. The molecule has 0 aromatic heterocycles. The molecule has 0 bridgehead atoms. The van der Waals surface area contributed by atoms with Crippen LogP contribution in [0.3, 0.4) is 0 Å². The fraction of sp³-hybridized carbons (Fsp3) is 0.917. The van der Waals surface area contributed by atoms with Gasteiger partial charge in [0, 0.05) is 0 Å². The van der Waals surface area contributed by atoms with E-state index in [0.29, 0.717) is 5.41 Å². The van der Waals surface area contributed by atoms with Crippen molar-refractivity contribution < 1.29 is 9.90 Å². The molecule has 0 spiro atoms. The van der Waals surface area contributed by atoms with Gasteiger partial charge in [-0.3, -0.25) is 4.79 Å². The molecule has 1 fully saturated rings. The fourth-order valence-corrected chi connectivity index (χ4v) is 2.55. The number of carboxylic acids is 1. The lowest BCUT2D eigenvalue weighted by Gasteiger charge is -2.37. The van der Waals surface area contributed by atoms with E-state index in [1.807, 2.05) is 0 Å². The number of carbonyl (C=O) groups is 1. The summed E-state index contributed by atoms with van der Waals surface area (Å²) in [7, 11) is 0. The van der Waals surface area contributed by atoms with Crippen LogP contribution in [0.4, 0.5) is 0 Å². The maximum absolute atomic E-state index is 10.8. The molecule has 0 aromatic carbocycles. The SMILES string of the molecule is CC(C)(C)C1CCC(C(N)C(=O)O)CC1. The van der Waals surface area contributed by atoms with Crippen molar-refractivity contribution in [2.45, 2.75) is 52.5 Å². The Labute approximate surface area is 92.0 Å². The van der Waals surface area contributed by atoms with Gasteiger partial charge in [-0.05, 0) is 42.9 Å². The summed E-state index contributed by atoms with van der Waals surface area (Å²) in [5.74, 6) is 0.0463. The zero-order chi connectivity index (χ0) is 11.6. The Morgan fingerprint density at radius 2 is 1.73 bits per heavy atom. The molecule has 1 rings (SSSR count). The summed E-state index contributed by atoms with van der Waals surface area (Å²) in [6, 6.07) is -0.661. The van der Waals surface area contributed by atoms with Crippen LogP contribution in [-0.2, 0) is 4.79 Å². The molecule has 1 saturated carbocycles. The van der Waals surface area contributed by atoms with Crippen LogP contribution in [-0.4, -0.2) is 17.1 Å². The maximum Gasteiger partial charge on any atom is 0.320 e. The molecule has 3 heteroatoms. The highest BCUT2D eigenvalue weighted by atomic mass is 16.4. The van der Waals surface area contributed by atoms with Gasteiger partial charge in [-0.2, -0.15) is 0 Å². The van der Waals surface area contributed by atoms with Gasteiger partial charge in [0.05, 0.1) is 0 Å². The van der Waals surface area contributed by atoms with E-state index in [2.05, 4.69) is 20.8 Å². The van der Waals surface area contributed by atoms with Gasteiger partial charge in [0.2, 0.25) is 0 Å². The third-order valence-electron chi connectivity index (χ3n) is 3.79. The van der Waals surface area contributed by atoms with Crippen molar-refractivity contribution in [2.24, 2.45) is 23.0 Å². The standard InChI is InChI=1S/C12H23NO2/c1-12(2,3)9-6-4-8(5-7-9)10(13)11(14)15/h8-10H,4-7,13H2,1-3H3,(H,14,15). The van der Waals surface area contributed by atoms with Crippen LogP contribution >= 0.6 is 0 Å². The van der Waals surface area contributed by atoms with Crippen molar-refractivity contribution in [3.05, 3.63) is 0 Å². The lowest BCUT2D eigenvalue weighted by Crippen LogP contribution is -2.40. The van der Waals surface area contributed by atoms with Gasteiger partial charge in [0.1, 0.15) is 6.04 Å². The number of nitrogens with two attached hydrogens (primary N) is 1. The van der Waals surface area contributed by atoms with Gasteiger partial charge >= 0.3 is 5.97 Å². The summed E-state index contributed by atoms with van der Waals surface area (Å²) in [5, 5.41) is 8.84. The highest BCUT2D eigenvalue weighted by Crippen LogP contribution is 2.40. The van der Waals surface area contributed by atoms with Crippen molar-refractivity contribution in [1.82, 2.24) is 0 Å². The molecule has 0 aliphatic heterocycles. The average Bonchev–Trinajstić information content (AvgIpc) is 2.15. The maximum atomic E-state index is 10.8. The Bertz CT molecular complexity index is 224. The van der Waals surface area contributed by atoms with E-state index in [4.69, 9.17) is 10.8 Å². The molecule has 0 aromatic rings. The lowest BCUT2D eigenvalue weighted by molar-refractivity contribution is -0.140. The summed E-state index contributed by atoms with van der Waals surface area (Å²) in [5.41, 5.74) is 5.99. The Morgan fingerprint density at radius 3 is 2.07 bits per heavy atom. The topological polar surface area (TPSA) is 63.3 Å². The molecule has 0 heterocycles. The molecule has 15 heavy (non-hydrogen) atoms. The Morgan fingerprint density at radius 1 is 1.27 bits per heavy atom. The summed E-state index contributed by atoms with van der Waals surface area (Å²) in [6.07, 6.45) is 4.18. The van der Waals surface area contributed by atoms with Crippen molar-refractivity contribution in [3.63, 3.8) is 0 Å². The van der Waals surface area contributed by atoms with Crippen molar-refractivity contribution in [2.75, 3.05) is 0 Å². The number of aliphatic carboxylic acids is 1. The zero-order valence-electron chi connectivity index (χ0n) is 9.99.